The summed E-state index contributed by atoms with van der Waals surface area (Å²) in [7, 11) is 0. The van der Waals surface area contributed by atoms with Crippen molar-refractivity contribution in [3.8, 4) is 0 Å². The van der Waals surface area contributed by atoms with Crippen LogP contribution in [0.25, 0.3) is 0 Å². The molecule has 0 spiro atoms. The van der Waals surface area contributed by atoms with Gasteiger partial charge in [0, 0.05) is 0 Å². The Bertz CT molecular complexity index is 700. The highest BCUT2D eigenvalue weighted by Crippen LogP contribution is 2.43. The summed E-state index contributed by atoms with van der Waals surface area (Å²) < 4.78 is 31.5. The molecule has 2 aliphatic heterocycles. The second-order valence-corrected chi connectivity index (χ2v) is 6.38. The molecule has 24 heavy (non-hydrogen) atoms. The minimum Gasteiger partial charge on any atom is -0.368 e. The van der Waals surface area contributed by atoms with Crippen LogP contribution in [0.2, 0.25) is 0 Å². The summed E-state index contributed by atoms with van der Waals surface area (Å²) in [5, 5.41) is 0. The molecule has 2 aromatic rings. The lowest BCUT2D eigenvalue weighted by Crippen LogP contribution is -2.37. The predicted molar refractivity (Wildman–Crippen MR) is 87.9 cm³/mol. The van der Waals surface area contributed by atoms with Crippen LogP contribution in [0.4, 0.5) is 4.39 Å². The summed E-state index contributed by atoms with van der Waals surface area (Å²) >= 11 is 0. The van der Waals surface area contributed by atoms with E-state index >= 15 is 0 Å². The van der Waals surface area contributed by atoms with Gasteiger partial charge in [0.05, 0.1) is 19.3 Å². The maximum absolute atomic E-state index is 13.0. The van der Waals surface area contributed by atoms with Gasteiger partial charge in [0.15, 0.2) is 0 Å². The molecule has 2 heterocycles. The van der Waals surface area contributed by atoms with Crippen molar-refractivity contribution in [2.24, 2.45) is 0 Å². The van der Waals surface area contributed by atoms with Crippen LogP contribution >= 0.6 is 0 Å². The number of hydrogen-bond donors (Lipinski definition) is 0. The monoisotopic (exact) mass is 328 g/mol. The summed E-state index contributed by atoms with van der Waals surface area (Å²) in [5.41, 5.74) is 3.35. The summed E-state index contributed by atoms with van der Waals surface area (Å²) in [6.45, 7) is 3.12. The zero-order chi connectivity index (χ0) is 16.5. The molecule has 1 saturated heterocycles. The van der Waals surface area contributed by atoms with Crippen molar-refractivity contribution in [3.05, 3.63) is 71.0 Å². The molecule has 3 nitrogen and oxygen atoms in total. The van der Waals surface area contributed by atoms with Crippen LogP contribution in [-0.2, 0) is 27.4 Å². The van der Waals surface area contributed by atoms with Gasteiger partial charge in [0.25, 0.3) is 0 Å². The minimum atomic E-state index is -0.235. The van der Waals surface area contributed by atoms with E-state index < -0.39 is 0 Å². The molecule has 0 N–H and O–H groups in total. The van der Waals surface area contributed by atoms with Crippen molar-refractivity contribution in [3.63, 3.8) is 0 Å². The van der Waals surface area contributed by atoms with Crippen molar-refractivity contribution in [1.29, 1.82) is 0 Å². The fourth-order valence-electron chi connectivity index (χ4n) is 3.59. The number of benzene rings is 2. The Labute approximate surface area is 141 Å². The van der Waals surface area contributed by atoms with Crippen molar-refractivity contribution < 1.29 is 18.6 Å². The van der Waals surface area contributed by atoms with Crippen LogP contribution in [0.5, 0.6) is 0 Å². The van der Waals surface area contributed by atoms with E-state index in [0.29, 0.717) is 13.2 Å². The molecular formula is C20H21FO3. The fraction of sp³-hybridized carbons (Fsp3) is 0.400. The smallest absolute Gasteiger partial charge is 0.123 e. The summed E-state index contributed by atoms with van der Waals surface area (Å²) in [6.07, 6.45) is 0.598. The first-order chi connectivity index (χ1) is 11.8. The number of fused-ring (bicyclic) bond motifs is 3. The second kappa shape index (κ2) is 6.63. The maximum Gasteiger partial charge on any atom is 0.123 e. The van der Waals surface area contributed by atoms with Gasteiger partial charge in [-0.25, -0.2) is 4.39 Å². The zero-order valence-corrected chi connectivity index (χ0v) is 13.7. The largest absolute Gasteiger partial charge is 0.368 e. The number of hydrogen-bond acceptors (Lipinski definition) is 3. The zero-order valence-electron chi connectivity index (χ0n) is 13.7. The van der Waals surface area contributed by atoms with E-state index in [2.05, 4.69) is 19.1 Å². The number of halogens is 1. The molecule has 2 aliphatic rings. The van der Waals surface area contributed by atoms with Crippen LogP contribution in [0, 0.1) is 5.82 Å². The SMILES string of the molecule is CC[C@H]1O[C@@H]2c3ccccc3CO[C@@H]2[C@H]1OCc1ccc(F)cc1. The van der Waals surface area contributed by atoms with E-state index in [0.717, 1.165) is 12.0 Å². The third kappa shape index (κ3) is 2.86. The maximum atomic E-state index is 13.0. The summed E-state index contributed by atoms with van der Waals surface area (Å²) in [6, 6.07) is 14.7. The van der Waals surface area contributed by atoms with Crippen LogP contribution in [0.1, 0.15) is 36.1 Å². The summed E-state index contributed by atoms with van der Waals surface area (Å²) in [4.78, 5) is 0. The van der Waals surface area contributed by atoms with Crippen LogP contribution in [0.15, 0.2) is 48.5 Å². The Morgan fingerprint density at radius 2 is 1.92 bits per heavy atom. The fourth-order valence-corrected chi connectivity index (χ4v) is 3.59. The van der Waals surface area contributed by atoms with Gasteiger partial charge in [-0.2, -0.15) is 0 Å². The van der Waals surface area contributed by atoms with Crippen LogP contribution in [0.3, 0.4) is 0 Å². The number of rotatable bonds is 4. The molecule has 4 heteroatoms. The van der Waals surface area contributed by atoms with Gasteiger partial charge in [-0.15, -0.1) is 0 Å². The van der Waals surface area contributed by atoms with E-state index in [1.165, 1.54) is 23.3 Å². The lowest BCUT2D eigenvalue weighted by Gasteiger charge is -2.30. The molecule has 0 bridgehead atoms. The minimum absolute atomic E-state index is 0.00612. The van der Waals surface area contributed by atoms with Crippen LogP contribution in [-0.4, -0.2) is 18.3 Å². The van der Waals surface area contributed by atoms with Gasteiger partial charge < -0.3 is 14.2 Å². The van der Waals surface area contributed by atoms with Crippen LogP contribution < -0.4 is 0 Å². The highest BCUT2D eigenvalue weighted by molar-refractivity contribution is 5.32. The van der Waals surface area contributed by atoms with Crippen molar-refractivity contribution in [2.45, 2.75) is 51.0 Å². The van der Waals surface area contributed by atoms with Gasteiger partial charge in [-0.3, -0.25) is 0 Å². The molecule has 0 aliphatic carbocycles. The molecule has 0 radical (unpaired) electrons. The van der Waals surface area contributed by atoms with Gasteiger partial charge in [0.2, 0.25) is 0 Å². The van der Waals surface area contributed by atoms with Crippen molar-refractivity contribution in [1.82, 2.24) is 0 Å². The first-order valence-electron chi connectivity index (χ1n) is 8.47. The lowest BCUT2D eigenvalue weighted by molar-refractivity contribution is -0.0861. The lowest BCUT2D eigenvalue weighted by atomic mass is 9.94. The molecular weight excluding hydrogens is 307 g/mol. The summed E-state index contributed by atoms with van der Waals surface area (Å²) in [5.74, 6) is -0.235. The average Bonchev–Trinajstić information content (AvgIpc) is 2.99. The van der Waals surface area contributed by atoms with E-state index in [-0.39, 0.29) is 30.2 Å². The molecule has 126 valence electrons. The van der Waals surface area contributed by atoms with Crippen molar-refractivity contribution >= 4 is 0 Å². The molecule has 0 unspecified atom stereocenters. The Morgan fingerprint density at radius 1 is 1.12 bits per heavy atom. The standard InChI is InChI=1S/C20H21FO3/c1-2-17-19(22-11-13-7-9-15(21)10-8-13)20-18(24-17)16-6-4-3-5-14(16)12-23-20/h3-10,17-20H,2,11-12H2,1H3/t17-,18-,19+,20+/m1/s1. The van der Waals surface area contributed by atoms with Gasteiger partial charge in [-0.1, -0.05) is 43.3 Å². The molecule has 1 fully saturated rings. The first kappa shape index (κ1) is 15.8. The molecule has 0 saturated carbocycles. The van der Waals surface area contributed by atoms with Gasteiger partial charge >= 0.3 is 0 Å². The highest BCUT2D eigenvalue weighted by atomic mass is 19.1. The van der Waals surface area contributed by atoms with Crippen molar-refractivity contribution in [2.75, 3.05) is 0 Å². The Hall–Kier alpha value is -1.75. The quantitative estimate of drug-likeness (QED) is 0.843. The molecule has 0 aromatic heterocycles. The Morgan fingerprint density at radius 3 is 2.71 bits per heavy atom. The molecule has 4 rings (SSSR count). The highest BCUT2D eigenvalue weighted by Gasteiger charge is 2.48. The molecule has 0 amide bonds. The average molecular weight is 328 g/mol. The Kier molecular flexibility index (Phi) is 4.35. The third-order valence-electron chi connectivity index (χ3n) is 4.86. The van der Waals surface area contributed by atoms with Gasteiger partial charge in [-0.05, 0) is 35.2 Å². The van der Waals surface area contributed by atoms with E-state index in [1.807, 2.05) is 12.1 Å². The first-order valence-corrected chi connectivity index (χ1v) is 8.47. The second-order valence-electron chi connectivity index (χ2n) is 6.38. The Balaban J connectivity index is 1.51. The molecule has 4 atom stereocenters. The predicted octanol–water partition coefficient (Wildman–Crippen LogP) is 4.16. The van der Waals surface area contributed by atoms with E-state index in [9.17, 15) is 4.39 Å². The number of ether oxygens (including phenoxy) is 3. The third-order valence-corrected chi connectivity index (χ3v) is 4.86. The van der Waals surface area contributed by atoms with Gasteiger partial charge in [0.1, 0.15) is 24.1 Å². The topological polar surface area (TPSA) is 27.7 Å². The van der Waals surface area contributed by atoms with E-state index in [1.54, 1.807) is 12.1 Å². The molecule has 2 aromatic carbocycles. The van der Waals surface area contributed by atoms with E-state index in [4.69, 9.17) is 14.2 Å². The normalized spacial score (nSPS) is 28.4.